The van der Waals surface area contributed by atoms with Crippen LogP contribution < -0.4 is 0 Å². The number of carboxylic acids is 1. The fraction of sp³-hybridized carbons (Fsp3) is 0.417. The van der Waals surface area contributed by atoms with Crippen LogP contribution in [0.5, 0.6) is 0 Å². The summed E-state index contributed by atoms with van der Waals surface area (Å²) in [5.41, 5.74) is 0. The smallest absolute Gasteiger partial charge is 0.303 e. The molecule has 0 fully saturated rings. The maximum absolute atomic E-state index is 12.9. The summed E-state index contributed by atoms with van der Waals surface area (Å²) < 4.78 is 37.3. The molecule has 1 aromatic rings. The molecule has 6 heteroatoms. The van der Waals surface area contributed by atoms with E-state index in [0.29, 0.717) is 25.0 Å². The van der Waals surface area contributed by atoms with Gasteiger partial charge in [0.2, 0.25) is 0 Å². The van der Waals surface area contributed by atoms with Gasteiger partial charge in [0, 0.05) is 17.1 Å². The molecule has 0 spiro atoms. The average Bonchev–Trinajstić information content (AvgIpc) is 2.31. The van der Waals surface area contributed by atoms with Gasteiger partial charge in [0.25, 0.3) is 0 Å². The number of benzene rings is 1. The van der Waals surface area contributed by atoms with E-state index < -0.39 is 28.4 Å². The van der Waals surface area contributed by atoms with Crippen molar-refractivity contribution in [1.82, 2.24) is 0 Å². The molecule has 1 rings (SSSR count). The van der Waals surface area contributed by atoms with Gasteiger partial charge in [-0.05, 0) is 31.0 Å². The molecule has 0 aromatic heterocycles. The number of carboxylic acid groups (broad SMARTS) is 1. The minimum atomic E-state index is -1.37. The summed E-state index contributed by atoms with van der Waals surface area (Å²) in [6.07, 6.45) is 1.88. The molecule has 1 atom stereocenters. The van der Waals surface area contributed by atoms with Crippen LogP contribution in [0.15, 0.2) is 23.1 Å². The second-order valence-corrected chi connectivity index (χ2v) is 5.40. The summed E-state index contributed by atoms with van der Waals surface area (Å²) in [5, 5.41) is 8.42. The van der Waals surface area contributed by atoms with Crippen LogP contribution in [0.2, 0.25) is 0 Å². The molecule has 100 valence electrons. The molecule has 0 amide bonds. The van der Waals surface area contributed by atoms with E-state index in [-0.39, 0.29) is 11.3 Å². The van der Waals surface area contributed by atoms with Gasteiger partial charge in [-0.2, -0.15) is 0 Å². The summed E-state index contributed by atoms with van der Waals surface area (Å²) in [5.74, 6) is -2.49. The van der Waals surface area contributed by atoms with E-state index in [9.17, 15) is 17.8 Å². The predicted octanol–water partition coefficient (Wildman–Crippen LogP) is 2.72. The zero-order valence-electron chi connectivity index (χ0n) is 9.70. The third-order valence-electron chi connectivity index (χ3n) is 2.37. The van der Waals surface area contributed by atoms with Crippen molar-refractivity contribution in [3.8, 4) is 0 Å². The number of unbranched alkanes of at least 4 members (excludes halogenated alkanes) is 2. The zero-order chi connectivity index (χ0) is 13.5. The Morgan fingerprint density at radius 3 is 2.50 bits per heavy atom. The van der Waals surface area contributed by atoms with Gasteiger partial charge in [0.1, 0.15) is 0 Å². The Balaban J connectivity index is 2.36. The molecule has 1 unspecified atom stereocenters. The molecular formula is C12H14F2O3S. The SMILES string of the molecule is O=C(O)CCCCCS(=O)c1ccc(F)c(F)c1. The first-order chi connectivity index (χ1) is 8.50. The van der Waals surface area contributed by atoms with E-state index in [1.54, 1.807) is 0 Å². The van der Waals surface area contributed by atoms with Crippen molar-refractivity contribution in [2.75, 3.05) is 5.75 Å². The number of hydrogen-bond donors (Lipinski definition) is 1. The van der Waals surface area contributed by atoms with E-state index >= 15 is 0 Å². The molecular weight excluding hydrogens is 262 g/mol. The predicted molar refractivity (Wildman–Crippen MR) is 63.7 cm³/mol. The largest absolute Gasteiger partial charge is 0.481 e. The van der Waals surface area contributed by atoms with Crippen LogP contribution in [0, 0.1) is 11.6 Å². The third kappa shape index (κ3) is 4.91. The molecule has 1 N–H and O–H groups in total. The lowest BCUT2D eigenvalue weighted by molar-refractivity contribution is -0.137. The summed E-state index contributed by atoms with van der Waals surface area (Å²) in [7, 11) is -1.37. The fourth-order valence-electron chi connectivity index (χ4n) is 1.42. The number of halogens is 2. The maximum Gasteiger partial charge on any atom is 0.303 e. The zero-order valence-corrected chi connectivity index (χ0v) is 10.5. The third-order valence-corrected chi connectivity index (χ3v) is 3.81. The second kappa shape index (κ2) is 7.20. The minimum Gasteiger partial charge on any atom is -0.481 e. The molecule has 3 nitrogen and oxygen atoms in total. The van der Waals surface area contributed by atoms with E-state index in [4.69, 9.17) is 5.11 Å². The summed E-state index contributed by atoms with van der Waals surface area (Å²) >= 11 is 0. The Labute approximate surface area is 106 Å². The Kier molecular flexibility index (Phi) is 5.91. The lowest BCUT2D eigenvalue weighted by atomic mass is 10.2. The lowest BCUT2D eigenvalue weighted by Gasteiger charge is -2.02. The van der Waals surface area contributed by atoms with Gasteiger partial charge in [-0.3, -0.25) is 9.00 Å². The molecule has 0 radical (unpaired) electrons. The van der Waals surface area contributed by atoms with Crippen LogP contribution in [0.1, 0.15) is 25.7 Å². The van der Waals surface area contributed by atoms with Crippen LogP contribution in [0.25, 0.3) is 0 Å². The van der Waals surface area contributed by atoms with Crippen LogP contribution in [0.3, 0.4) is 0 Å². The first-order valence-corrected chi connectivity index (χ1v) is 6.88. The van der Waals surface area contributed by atoms with Crippen molar-refractivity contribution in [1.29, 1.82) is 0 Å². The van der Waals surface area contributed by atoms with Crippen molar-refractivity contribution in [2.45, 2.75) is 30.6 Å². The Hall–Kier alpha value is -1.30. The van der Waals surface area contributed by atoms with E-state index in [1.165, 1.54) is 6.07 Å². The first kappa shape index (κ1) is 14.8. The molecule has 1 aromatic carbocycles. The number of carbonyl (C=O) groups is 1. The number of rotatable bonds is 7. The van der Waals surface area contributed by atoms with Crippen molar-refractivity contribution in [2.24, 2.45) is 0 Å². The van der Waals surface area contributed by atoms with Gasteiger partial charge >= 0.3 is 5.97 Å². The normalized spacial score (nSPS) is 12.3. The monoisotopic (exact) mass is 276 g/mol. The number of aliphatic carboxylic acids is 1. The van der Waals surface area contributed by atoms with E-state index in [0.717, 1.165) is 12.1 Å². The maximum atomic E-state index is 12.9. The lowest BCUT2D eigenvalue weighted by Crippen LogP contribution is -2.00. The van der Waals surface area contributed by atoms with Gasteiger partial charge in [0.15, 0.2) is 11.6 Å². The molecule has 0 aliphatic rings. The highest BCUT2D eigenvalue weighted by Gasteiger charge is 2.08. The minimum absolute atomic E-state index is 0.0951. The Bertz CT molecular complexity index is 449. The fourth-order valence-corrected chi connectivity index (χ4v) is 2.58. The topological polar surface area (TPSA) is 54.4 Å². The Morgan fingerprint density at radius 2 is 1.89 bits per heavy atom. The van der Waals surface area contributed by atoms with Gasteiger partial charge in [0.05, 0.1) is 10.8 Å². The van der Waals surface area contributed by atoms with Crippen molar-refractivity contribution in [3.63, 3.8) is 0 Å². The van der Waals surface area contributed by atoms with Crippen molar-refractivity contribution >= 4 is 16.8 Å². The summed E-state index contributed by atoms with van der Waals surface area (Å²) in [6, 6.07) is 3.18. The quantitative estimate of drug-likeness (QED) is 0.779. The molecule has 0 saturated heterocycles. The first-order valence-electron chi connectivity index (χ1n) is 5.56. The van der Waals surface area contributed by atoms with Crippen molar-refractivity contribution < 1.29 is 22.9 Å². The van der Waals surface area contributed by atoms with Crippen molar-refractivity contribution in [3.05, 3.63) is 29.8 Å². The second-order valence-electron chi connectivity index (χ2n) is 3.83. The van der Waals surface area contributed by atoms with Crippen LogP contribution in [-0.2, 0) is 15.6 Å². The molecule has 0 heterocycles. The molecule has 18 heavy (non-hydrogen) atoms. The summed E-state index contributed by atoms with van der Waals surface area (Å²) in [4.78, 5) is 10.5. The van der Waals surface area contributed by atoms with Gasteiger partial charge in [-0.1, -0.05) is 6.42 Å². The summed E-state index contributed by atoms with van der Waals surface area (Å²) in [6.45, 7) is 0. The van der Waals surface area contributed by atoms with Gasteiger partial charge < -0.3 is 5.11 Å². The van der Waals surface area contributed by atoms with E-state index in [2.05, 4.69) is 0 Å². The van der Waals surface area contributed by atoms with Gasteiger partial charge in [-0.15, -0.1) is 0 Å². The Morgan fingerprint density at radius 1 is 1.17 bits per heavy atom. The molecule has 0 bridgehead atoms. The van der Waals surface area contributed by atoms with Crippen LogP contribution >= 0.6 is 0 Å². The van der Waals surface area contributed by atoms with Crippen LogP contribution in [-0.4, -0.2) is 21.0 Å². The molecule has 0 aliphatic heterocycles. The average molecular weight is 276 g/mol. The van der Waals surface area contributed by atoms with Crippen LogP contribution in [0.4, 0.5) is 8.78 Å². The highest BCUT2D eigenvalue weighted by atomic mass is 32.2. The molecule has 0 saturated carbocycles. The highest BCUT2D eigenvalue weighted by Crippen LogP contribution is 2.14. The standard InChI is InChI=1S/C12H14F2O3S/c13-10-6-5-9(8-11(10)14)18(17)7-3-1-2-4-12(15)16/h5-6,8H,1-4,7H2,(H,15,16). The van der Waals surface area contributed by atoms with E-state index in [1.807, 2.05) is 0 Å². The number of hydrogen-bond acceptors (Lipinski definition) is 2. The highest BCUT2D eigenvalue weighted by molar-refractivity contribution is 7.85. The molecule has 0 aliphatic carbocycles. The van der Waals surface area contributed by atoms with Gasteiger partial charge in [-0.25, -0.2) is 8.78 Å².